The minimum absolute atomic E-state index is 0.00788. The molecule has 3 aromatic rings. The fourth-order valence-corrected chi connectivity index (χ4v) is 2.83. The van der Waals surface area contributed by atoms with Crippen molar-refractivity contribution in [3.8, 4) is 0 Å². The van der Waals surface area contributed by atoms with Gasteiger partial charge in [-0.3, -0.25) is 10.1 Å². The molecule has 126 valence electrons. The smallest absolute Gasteiger partial charge is 0.318 e. The molecule has 0 saturated heterocycles. The number of rotatable bonds is 5. The first-order valence-corrected chi connectivity index (χ1v) is 8.41. The van der Waals surface area contributed by atoms with Crippen molar-refractivity contribution < 1.29 is 9.59 Å². The SMILES string of the molecule is NC(=O)NC(=O)CSc1nc(Nc2ccccc2)c2ccccc2n1. The predicted octanol–water partition coefficient (Wildman–Crippen LogP) is 2.66. The fourth-order valence-electron chi connectivity index (χ4n) is 2.18. The first kappa shape index (κ1) is 16.7. The summed E-state index contributed by atoms with van der Waals surface area (Å²) in [6.07, 6.45) is 0. The molecule has 0 spiro atoms. The van der Waals surface area contributed by atoms with Crippen molar-refractivity contribution in [2.45, 2.75) is 5.16 Å². The number of hydrogen-bond donors (Lipinski definition) is 3. The van der Waals surface area contributed by atoms with E-state index in [-0.39, 0.29) is 5.75 Å². The number of nitrogens with zero attached hydrogens (tertiary/aromatic N) is 2. The minimum atomic E-state index is -0.878. The normalized spacial score (nSPS) is 10.4. The maximum atomic E-state index is 11.6. The van der Waals surface area contributed by atoms with Gasteiger partial charge in [-0.05, 0) is 24.3 Å². The third-order valence-corrected chi connectivity index (χ3v) is 4.06. The van der Waals surface area contributed by atoms with Gasteiger partial charge in [0.05, 0.1) is 11.3 Å². The van der Waals surface area contributed by atoms with E-state index in [1.54, 1.807) is 0 Å². The Morgan fingerprint density at radius 1 is 1.00 bits per heavy atom. The molecule has 0 aliphatic rings. The number of carbonyl (C=O) groups is 2. The zero-order chi connectivity index (χ0) is 17.6. The maximum Gasteiger partial charge on any atom is 0.318 e. The summed E-state index contributed by atoms with van der Waals surface area (Å²) in [7, 11) is 0. The topological polar surface area (TPSA) is 110 Å². The van der Waals surface area contributed by atoms with Gasteiger partial charge in [-0.15, -0.1) is 0 Å². The van der Waals surface area contributed by atoms with Crippen molar-refractivity contribution in [2.75, 3.05) is 11.1 Å². The average Bonchev–Trinajstić information content (AvgIpc) is 2.60. The van der Waals surface area contributed by atoms with Crippen molar-refractivity contribution >= 4 is 46.1 Å². The maximum absolute atomic E-state index is 11.6. The molecule has 0 fully saturated rings. The highest BCUT2D eigenvalue weighted by molar-refractivity contribution is 7.99. The molecule has 0 radical (unpaired) electrons. The second kappa shape index (κ2) is 7.63. The van der Waals surface area contributed by atoms with Crippen LogP contribution in [-0.4, -0.2) is 27.7 Å². The van der Waals surface area contributed by atoms with E-state index in [1.165, 1.54) is 0 Å². The van der Waals surface area contributed by atoms with Crippen LogP contribution in [0.4, 0.5) is 16.3 Å². The van der Waals surface area contributed by atoms with Crippen molar-refractivity contribution in [3.63, 3.8) is 0 Å². The molecule has 0 unspecified atom stereocenters. The number of imide groups is 1. The molecule has 25 heavy (non-hydrogen) atoms. The number of anilines is 2. The van der Waals surface area contributed by atoms with Crippen LogP contribution in [0, 0.1) is 0 Å². The second-order valence-electron chi connectivity index (χ2n) is 5.06. The van der Waals surface area contributed by atoms with Gasteiger partial charge in [-0.25, -0.2) is 14.8 Å². The lowest BCUT2D eigenvalue weighted by Crippen LogP contribution is -2.36. The number of primary amides is 1. The number of thioether (sulfide) groups is 1. The Morgan fingerprint density at radius 3 is 2.48 bits per heavy atom. The molecule has 0 aliphatic carbocycles. The second-order valence-corrected chi connectivity index (χ2v) is 6.01. The van der Waals surface area contributed by atoms with Crippen molar-refractivity contribution in [1.82, 2.24) is 15.3 Å². The molecule has 1 heterocycles. The van der Waals surface area contributed by atoms with Crippen LogP contribution < -0.4 is 16.4 Å². The van der Waals surface area contributed by atoms with Crippen molar-refractivity contribution in [2.24, 2.45) is 5.73 Å². The molecule has 8 heteroatoms. The molecule has 3 rings (SSSR count). The van der Waals surface area contributed by atoms with Crippen LogP contribution in [0.25, 0.3) is 10.9 Å². The molecule has 0 atom stereocenters. The number of urea groups is 1. The van der Waals surface area contributed by atoms with Crippen LogP contribution in [0.1, 0.15) is 0 Å². The Bertz CT molecular complexity index is 917. The number of hydrogen-bond acceptors (Lipinski definition) is 6. The Morgan fingerprint density at radius 2 is 1.72 bits per heavy atom. The highest BCUT2D eigenvalue weighted by Crippen LogP contribution is 2.26. The van der Waals surface area contributed by atoms with E-state index in [4.69, 9.17) is 5.73 Å². The Kier molecular flexibility index (Phi) is 5.10. The summed E-state index contributed by atoms with van der Waals surface area (Å²) < 4.78 is 0. The molecule has 3 amide bonds. The Labute approximate surface area is 148 Å². The van der Waals surface area contributed by atoms with Crippen LogP contribution in [-0.2, 0) is 4.79 Å². The fraction of sp³-hybridized carbons (Fsp3) is 0.0588. The number of nitrogens with two attached hydrogens (primary N) is 1. The van der Waals surface area contributed by atoms with Crippen LogP contribution >= 0.6 is 11.8 Å². The van der Waals surface area contributed by atoms with Crippen LogP contribution in [0.5, 0.6) is 0 Å². The number of fused-ring (bicyclic) bond motifs is 1. The zero-order valence-electron chi connectivity index (χ0n) is 13.1. The largest absolute Gasteiger partial charge is 0.351 e. The van der Waals surface area contributed by atoms with Gasteiger partial charge >= 0.3 is 6.03 Å². The lowest BCUT2D eigenvalue weighted by molar-refractivity contribution is -0.117. The van der Waals surface area contributed by atoms with E-state index in [0.29, 0.717) is 11.0 Å². The molecule has 7 nitrogen and oxygen atoms in total. The number of nitrogens with one attached hydrogen (secondary N) is 2. The van der Waals surface area contributed by atoms with E-state index in [9.17, 15) is 9.59 Å². The summed E-state index contributed by atoms with van der Waals surface area (Å²) in [6, 6.07) is 16.4. The molecular weight excluding hydrogens is 338 g/mol. The molecule has 1 aromatic heterocycles. The number of carbonyl (C=O) groups excluding carboxylic acids is 2. The molecule has 0 saturated carbocycles. The van der Waals surface area contributed by atoms with E-state index in [2.05, 4.69) is 15.3 Å². The van der Waals surface area contributed by atoms with Gasteiger partial charge in [0.25, 0.3) is 0 Å². The number of benzene rings is 2. The van der Waals surface area contributed by atoms with Crippen molar-refractivity contribution in [3.05, 3.63) is 54.6 Å². The summed E-state index contributed by atoms with van der Waals surface area (Å²) in [6.45, 7) is 0. The third kappa shape index (κ3) is 4.45. The Balaban J connectivity index is 1.87. The van der Waals surface area contributed by atoms with Gasteiger partial charge in [-0.2, -0.15) is 0 Å². The van der Waals surface area contributed by atoms with Crippen LogP contribution in [0.15, 0.2) is 59.8 Å². The summed E-state index contributed by atoms with van der Waals surface area (Å²) in [5, 5.41) is 6.58. The summed E-state index contributed by atoms with van der Waals surface area (Å²) in [5.41, 5.74) is 6.58. The lowest BCUT2D eigenvalue weighted by Gasteiger charge is -2.10. The predicted molar refractivity (Wildman–Crippen MR) is 97.7 cm³/mol. The van der Waals surface area contributed by atoms with E-state index >= 15 is 0 Å². The standard InChI is InChI=1S/C17H15N5O2S/c18-16(24)21-14(23)10-25-17-20-13-9-5-4-8-12(13)15(22-17)19-11-6-2-1-3-7-11/h1-9H,10H2,(H,19,20,22)(H3,18,21,23,24). The van der Waals surface area contributed by atoms with Gasteiger partial charge in [-0.1, -0.05) is 42.1 Å². The Hall–Kier alpha value is -3.13. The van der Waals surface area contributed by atoms with Crippen LogP contribution in [0.3, 0.4) is 0 Å². The number of aromatic nitrogens is 2. The third-order valence-electron chi connectivity index (χ3n) is 3.21. The average molecular weight is 353 g/mol. The zero-order valence-corrected chi connectivity index (χ0v) is 13.9. The van der Waals surface area contributed by atoms with Gasteiger partial charge in [0, 0.05) is 11.1 Å². The lowest BCUT2D eigenvalue weighted by atomic mass is 10.2. The van der Waals surface area contributed by atoms with Gasteiger partial charge < -0.3 is 11.1 Å². The first-order valence-electron chi connectivity index (χ1n) is 7.43. The molecular formula is C17H15N5O2S. The summed E-state index contributed by atoms with van der Waals surface area (Å²) in [5.74, 6) is 0.146. The van der Waals surface area contributed by atoms with E-state index in [0.717, 1.165) is 28.4 Å². The van der Waals surface area contributed by atoms with E-state index in [1.807, 2.05) is 59.9 Å². The van der Waals surface area contributed by atoms with Gasteiger partial charge in [0.1, 0.15) is 5.82 Å². The van der Waals surface area contributed by atoms with Crippen molar-refractivity contribution in [1.29, 1.82) is 0 Å². The molecule has 2 aromatic carbocycles. The highest BCUT2D eigenvalue weighted by atomic mass is 32.2. The number of amides is 3. The van der Waals surface area contributed by atoms with Gasteiger partial charge in [0.15, 0.2) is 5.16 Å². The summed E-state index contributed by atoms with van der Waals surface area (Å²) in [4.78, 5) is 31.2. The minimum Gasteiger partial charge on any atom is -0.351 e. The highest BCUT2D eigenvalue weighted by Gasteiger charge is 2.11. The molecule has 0 bridgehead atoms. The quantitative estimate of drug-likeness (QED) is 0.480. The van der Waals surface area contributed by atoms with Crippen LogP contribution in [0.2, 0.25) is 0 Å². The monoisotopic (exact) mass is 353 g/mol. The summed E-state index contributed by atoms with van der Waals surface area (Å²) >= 11 is 1.13. The van der Waals surface area contributed by atoms with Gasteiger partial charge in [0.2, 0.25) is 5.91 Å². The molecule has 4 N–H and O–H groups in total. The van der Waals surface area contributed by atoms with E-state index < -0.39 is 11.9 Å². The number of para-hydroxylation sites is 2. The molecule has 0 aliphatic heterocycles. The first-order chi connectivity index (χ1) is 12.1.